The predicted octanol–water partition coefficient (Wildman–Crippen LogP) is 9.13. The number of nitrogen functional groups attached to an aromatic ring is 1. The van der Waals surface area contributed by atoms with E-state index in [1.54, 1.807) is 12.7 Å². The molecule has 0 amide bonds. The van der Waals surface area contributed by atoms with Gasteiger partial charge in [-0.3, -0.25) is 0 Å². The van der Waals surface area contributed by atoms with E-state index in [1.165, 1.54) is 75.9 Å². The normalized spacial score (nSPS) is 25.6. The van der Waals surface area contributed by atoms with Crippen LogP contribution in [0.15, 0.2) is 36.9 Å². The van der Waals surface area contributed by atoms with Gasteiger partial charge in [0.05, 0.1) is 10.8 Å². The molecule has 2 saturated carbocycles. The van der Waals surface area contributed by atoms with E-state index < -0.39 is 0 Å². The summed E-state index contributed by atoms with van der Waals surface area (Å²) in [5.74, 6) is 3.41. The number of nitrogens with two attached hydrogens (primary N) is 1. The summed E-state index contributed by atoms with van der Waals surface area (Å²) in [5, 5.41) is 6.23. The number of anilines is 2. The average molecular weight is 767 g/mol. The van der Waals surface area contributed by atoms with E-state index in [4.69, 9.17) is 15.7 Å². The first-order valence-corrected chi connectivity index (χ1v) is 22.2. The molecule has 3 unspecified atom stereocenters. The monoisotopic (exact) mass is 766 g/mol. The van der Waals surface area contributed by atoms with E-state index in [9.17, 15) is 4.39 Å². The molecule has 0 spiro atoms. The fourth-order valence-electron chi connectivity index (χ4n) is 10.7. The second-order valence-corrected chi connectivity index (χ2v) is 18.8. The number of nitrogens with one attached hydrogen (secondary N) is 1. The minimum Gasteiger partial charge on any atom is -0.383 e. The third-order valence-corrected chi connectivity index (χ3v) is 16.0. The lowest BCUT2D eigenvalue weighted by molar-refractivity contribution is 0.144. The Morgan fingerprint density at radius 2 is 1.67 bits per heavy atom. The molecule has 0 aliphatic heterocycles. The summed E-state index contributed by atoms with van der Waals surface area (Å²) in [4.78, 5) is 28.5. The van der Waals surface area contributed by atoms with Gasteiger partial charge in [-0.1, -0.05) is 30.7 Å². The maximum atomic E-state index is 12.9. The van der Waals surface area contributed by atoms with Crippen molar-refractivity contribution in [3.8, 4) is 0 Å². The van der Waals surface area contributed by atoms with E-state index in [0.717, 1.165) is 78.8 Å². The fourth-order valence-corrected chi connectivity index (χ4v) is 13.3. The van der Waals surface area contributed by atoms with E-state index >= 15 is 0 Å². The minimum absolute atomic E-state index is 0.272. The highest BCUT2D eigenvalue weighted by Gasteiger charge is 2.38. The van der Waals surface area contributed by atoms with E-state index in [1.807, 2.05) is 22.7 Å². The molecule has 4 heterocycles. The number of aromatic nitrogens is 4. The number of aryl methyl sites for hydroxylation is 3. The van der Waals surface area contributed by atoms with Gasteiger partial charge in [0.25, 0.3) is 0 Å². The van der Waals surface area contributed by atoms with Crippen LogP contribution in [0.2, 0.25) is 0 Å². The summed E-state index contributed by atoms with van der Waals surface area (Å²) in [5.41, 5.74) is 12.3. The van der Waals surface area contributed by atoms with Crippen LogP contribution in [0.1, 0.15) is 114 Å². The Hall–Kier alpha value is -3.25. The van der Waals surface area contributed by atoms with E-state index in [2.05, 4.69) is 63.4 Å². The Balaban J connectivity index is 0.817. The van der Waals surface area contributed by atoms with Gasteiger partial charge >= 0.3 is 0 Å². The SMILES string of the molecule is CN(CCCc1cccc(C2CCc3c2sc2ncnc(N[C@H]4CC[C@H](N(C)CCF)CC4)c32)c1)[C@H]1CCCC(C2CCc3sc4ncnc(N)c4c32)C1. The van der Waals surface area contributed by atoms with Gasteiger partial charge in [0.1, 0.15) is 40.6 Å². The molecule has 286 valence electrons. The van der Waals surface area contributed by atoms with Crippen molar-refractivity contribution in [2.45, 2.75) is 120 Å². The molecule has 0 radical (unpaired) electrons. The van der Waals surface area contributed by atoms with Crippen molar-refractivity contribution in [2.75, 3.05) is 44.9 Å². The zero-order valence-corrected chi connectivity index (χ0v) is 33.5. The molecular weight excluding hydrogens is 712 g/mol. The van der Waals surface area contributed by atoms with Gasteiger partial charge in [-0.2, -0.15) is 0 Å². The topological polar surface area (TPSA) is 96.1 Å². The number of thiophene rings is 2. The first-order chi connectivity index (χ1) is 26.4. The van der Waals surface area contributed by atoms with Crippen molar-refractivity contribution in [1.82, 2.24) is 29.7 Å². The predicted molar refractivity (Wildman–Crippen MR) is 222 cm³/mol. The molecule has 4 aliphatic carbocycles. The van der Waals surface area contributed by atoms with Crippen molar-refractivity contribution in [1.29, 1.82) is 0 Å². The van der Waals surface area contributed by atoms with Gasteiger partial charge in [0.2, 0.25) is 0 Å². The average Bonchev–Trinajstić information content (AvgIpc) is 3.96. The molecule has 8 nitrogen and oxygen atoms in total. The largest absolute Gasteiger partial charge is 0.383 e. The molecule has 4 atom stereocenters. The van der Waals surface area contributed by atoms with Crippen LogP contribution < -0.4 is 11.1 Å². The molecular formula is C43H55FN8S2. The molecule has 2 fully saturated rings. The summed E-state index contributed by atoms with van der Waals surface area (Å²) >= 11 is 3.71. The van der Waals surface area contributed by atoms with Crippen LogP contribution in [0.5, 0.6) is 0 Å². The Labute approximate surface area is 327 Å². The molecule has 54 heavy (non-hydrogen) atoms. The summed E-state index contributed by atoms with van der Waals surface area (Å²) < 4.78 is 12.9. The number of halogens is 1. The Morgan fingerprint density at radius 1 is 0.852 bits per heavy atom. The third kappa shape index (κ3) is 7.03. The highest BCUT2D eigenvalue weighted by molar-refractivity contribution is 7.19. The van der Waals surface area contributed by atoms with Gasteiger partial charge < -0.3 is 20.9 Å². The van der Waals surface area contributed by atoms with Gasteiger partial charge in [0.15, 0.2) is 0 Å². The van der Waals surface area contributed by atoms with Gasteiger partial charge in [-0.05, 0) is 138 Å². The second-order valence-electron chi connectivity index (χ2n) is 16.7. The van der Waals surface area contributed by atoms with Crippen molar-refractivity contribution < 1.29 is 4.39 Å². The number of fused-ring (bicyclic) bond motifs is 6. The fraction of sp³-hybridized carbons (Fsp3) is 0.581. The van der Waals surface area contributed by atoms with Crippen LogP contribution in [0.3, 0.4) is 0 Å². The van der Waals surface area contributed by atoms with E-state index in [0.29, 0.717) is 48.2 Å². The first-order valence-electron chi connectivity index (χ1n) is 20.5. The highest BCUT2D eigenvalue weighted by Crippen LogP contribution is 2.51. The lowest BCUT2D eigenvalue weighted by Gasteiger charge is -2.38. The summed E-state index contributed by atoms with van der Waals surface area (Å²) in [6.07, 6.45) is 19.9. The molecule has 0 saturated heterocycles. The summed E-state index contributed by atoms with van der Waals surface area (Å²) in [7, 11) is 4.42. The Bertz CT molecular complexity index is 2090. The molecule has 4 aromatic heterocycles. The molecule has 0 bridgehead atoms. The molecule has 9 rings (SSSR count). The molecule has 5 aromatic rings. The zero-order valence-electron chi connectivity index (χ0n) is 31.9. The lowest BCUT2D eigenvalue weighted by Crippen LogP contribution is -2.39. The standard InChI is InChI=1S/C43H55FN8S2/c1-51(31-10-4-9-28(23-31)32-17-18-35-36(32)38-40(45)46-24-48-43(38)53-35)20-5-7-26-6-3-8-27(22-26)33-15-16-34-37-41(47-25-49-42(37)54-39(33)34)50-29-11-13-30(14-12-29)52(2)21-19-44/h3,6,8,22,24-25,28-33H,4-5,7,9-21,23H2,1-2H3,(H2,45,46,48)(H,47,49,50)/t28?,29-,30-,31-,32?,33?/m0/s1. The number of alkyl halides is 1. The van der Waals surface area contributed by atoms with Crippen LogP contribution in [-0.4, -0.2) is 81.7 Å². The van der Waals surface area contributed by atoms with Crippen molar-refractivity contribution >= 4 is 54.7 Å². The number of rotatable bonds is 12. The van der Waals surface area contributed by atoms with Gasteiger partial charge in [0, 0.05) is 40.3 Å². The van der Waals surface area contributed by atoms with Gasteiger partial charge in [-0.15, -0.1) is 22.7 Å². The lowest BCUT2D eigenvalue weighted by atomic mass is 9.75. The van der Waals surface area contributed by atoms with Crippen molar-refractivity contribution in [3.63, 3.8) is 0 Å². The summed E-state index contributed by atoms with van der Waals surface area (Å²) in [6, 6.07) is 11.0. The second kappa shape index (κ2) is 15.7. The smallest absolute Gasteiger partial charge is 0.138 e. The number of benzene rings is 1. The molecule has 11 heteroatoms. The molecule has 4 aliphatic rings. The van der Waals surface area contributed by atoms with Crippen LogP contribution in [-0.2, 0) is 19.3 Å². The van der Waals surface area contributed by atoms with Crippen LogP contribution in [0.4, 0.5) is 16.0 Å². The van der Waals surface area contributed by atoms with Crippen molar-refractivity contribution in [2.24, 2.45) is 5.92 Å². The maximum Gasteiger partial charge on any atom is 0.138 e. The summed E-state index contributed by atoms with van der Waals surface area (Å²) in [6.45, 7) is 1.39. The van der Waals surface area contributed by atoms with Crippen LogP contribution >= 0.6 is 22.7 Å². The third-order valence-electron chi connectivity index (χ3n) is 13.6. The minimum atomic E-state index is -0.272. The highest BCUT2D eigenvalue weighted by atomic mass is 32.1. The molecule has 3 N–H and O–H groups in total. The van der Waals surface area contributed by atoms with E-state index in [-0.39, 0.29) is 6.67 Å². The van der Waals surface area contributed by atoms with Crippen molar-refractivity contribution in [3.05, 3.63) is 68.9 Å². The van der Waals surface area contributed by atoms with Crippen LogP contribution in [0.25, 0.3) is 20.4 Å². The quantitative estimate of drug-likeness (QED) is 0.130. The Kier molecular flexibility index (Phi) is 10.6. The number of hydrogen-bond donors (Lipinski definition) is 2. The van der Waals surface area contributed by atoms with Gasteiger partial charge in [-0.25, -0.2) is 24.3 Å². The first kappa shape index (κ1) is 36.4. The number of hydrogen-bond acceptors (Lipinski definition) is 10. The molecule has 1 aromatic carbocycles. The Morgan fingerprint density at radius 3 is 2.52 bits per heavy atom. The number of nitrogens with zero attached hydrogens (tertiary/aromatic N) is 6. The zero-order chi connectivity index (χ0) is 36.8. The maximum absolute atomic E-state index is 12.9. The van der Waals surface area contributed by atoms with Crippen LogP contribution in [0, 0.1) is 5.92 Å².